The van der Waals surface area contributed by atoms with Gasteiger partial charge in [-0.15, -0.1) is 53.6 Å². The summed E-state index contributed by atoms with van der Waals surface area (Å²) >= 11 is 0. The van der Waals surface area contributed by atoms with Gasteiger partial charge >= 0.3 is 0 Å². The smallest absolute Gasteiger partial charge is 0.135 e. The first-order valence-corrected chi connectivity index (χ1v) is 24.1. The molecule has 1 aliphatic rings. The SMILES string of the molecule is CC(C)(C)c1cc(N2[CH-]N(c3[c-]c(Oc4[c-]c5c(cc4)c4cc(C(C)(C)C)ccc4n5-c4cc(C(C)(C)C)ccn4)cc(C(C)(C)c4ccccc4)c3)C=C2c2ccccc2)cc(C(C)(C)C)c1.[Pt]. The van der Waals surface area contributed by atoms with E-state index in [9.17, 15) is 0 Å². The van der Waals surface area contributed by atoms with Crippen LogP contribution in [0.15, 0.2) is 146 Å². The van der Waals surface area contributed by atoms with E-state index in [0.717, 1.165) is 55.8 Å². The van der Waals surface area contributed by atoms with Gasteiger partial charge in [0.1, 0.15) is 5.82 Å². The molecule has 6 heteroatoms. The number of fused-ring (bicyclic) bond motifs is 3. The molecule has 358 valence electrons. The van der Waals surface area contributed by atoms with Crippen molar-refractivity contribution in [1.82, 2.24) is 9.55 Å². The van der Waals surface area contributed by atoms with Crippen molar-refractivity contribution in [3.8, 4) is 17.3 Å². The van der Waals surface area contributed by atoms with Crippen LogP contribution in [0, 0.1) is 18.8 Å². The summed E-state index contributed by atoms with van der Waals surface area (Å²) in [5.74, 6) is 2.06. The van der Waals surface area contributed by atoms with Crippen LogP contribution in [0.2, 0.25) is 0 Å². The molecule has 9 rings (SSSR count). The molecule has 0 radical (unpaired) electrons. The first-order chi connectivity index (χ1) is 31.9. The van der Waals surface area contributed by atoms with Crippen molar-refractivity contribution in [2.24, 2.45) is 0 Å². The molecule has 5 nitrogen and oxygen atoms in total. The standard InChI is InChI=1S/C63H67N4O.Pt/c1-59(2,3)44-25-28-55-54(36-44)53-27-26-51(39-56(53)67(55)58-37-45(29-30-64-58)60(4,5)6)68-52-35-48(63(13,14)43-23-19-16-20-24-43)34-49(38-52)65-40-57(42-21-17-15-18-22-42)66(41-65)50-32-46(61(7,8)9)31-47(33-50)62(10,11)12;/h15-37,40-41H,1-14H3;/q-3;. The van der Waals surface area contributed by atoms with E-state index in [0.29, 0.717) is 11.5 Å². The van der Waals surface area contributed by atoms with Gasteiger partial charge < -0.3 is 19.1 Å². The number of pyridine rings is 1. The van der Waals surface area contributed by atoms with Crippen LogP contribution in [0.25, 0.3) is 33.3 Å². The second-order valence-electron chi connectivity index (χ2n) is 23.3. The zero-order valence-electron chi connectivity index (χ0n) is 42.9. The molecule has 8 aromatic rings. The molecule has 0 N–H and O–H groups in total. The van der Waals surface area contributed by atoms with E-state index in [4.69, 9.17) is 9.72 Å². The minimum absolute atomic E-state index is 0. The Morgan fingerprint density at radius 2 is 1.12 bits per heavy atom. The Kier molecular flexibility index (Phi) is 13.0. The molecule has 0 saturated heterocycles. The summed E-state index contributed by atoms with van der Waals surface area (Å²) in [6.45, 7) is 34.0. The van der Waals surface area contributed by atoms with Crippen molar-refractivity contribution >= 4 is 38.9 Å². The first kappa shape index (κ1) is 49.5. The van der Waals surface area contributed by atoms with Gasteiger partial charge in [-0.25, -0.2) is 4.98 Å². The molecule has 69 heavy (non-hydrogen) atoms. The van der Waals surface area contributed by atoms with Crippen LogP contribution >= 0.6 is 0 Å². The summed E-state index contributed by atoms with van der Waals surface area (Å²) in [5, 5.41) is 2.26. The average Bonchev–Trinajstić information content (AvgIpc) is 3.88. The summed E-state index contributed by atoms with van der Waals surface area (Å²) in [4.78, 5) is 9.50. The third-order valence-corrected chi connectivity index (χ3v) is 13.7. The quantitative estimate of drug-likeness (QED) is 0.142. The number of anilines is 2. The Morgan fingerprint density at radius 3 is 1.74 bits per heavy atom. The van der Waals surface area contributed by atoms with Crippen molar-refractivity contribution < 1.29 is 25.8 Å². The number of nitrogens with zero attached hydrogens (tertiary/aromatic N) is 4. The third-order valence-electron chi connectivity index (χ3n) is 13.7. The normalized spacial score (nSPS) is 13.8. The Labute approximate surface area is 426 Å². The Hall–Kier alpha value is -5.90. The van der Waals surface area contributed by atoms with Crippen LogP contribution in [-0.4, -0.2) is 9.55 Å². The number of hydrogen-bond donors (Lipinski definition) is 0. The summed E-state index contributed by atoms with van der Waals surface area (Å²) in [6, 6.07) is 55.7. The fourth-order valence-corrected chi connectivity index (χ4v) is 9.11. The van der Waals surface area contributed by atoms with Crippen molar-refractivity contribution in [2.45, 2.75) is 124 Å². The fourth-order valence-electron chi connectivity index (χ4n) is 9.11. The molecule has 2 aromatic heterocycles. The molecule has 6 aromatic carbocycles. The topological polar surface area (TPSA) is 33.5 Å². The molecular weight excluding hydrogens is 1020 g/mol. The molecule has 0 saturated carbocycles. The van der Waals surface area contributed by atoms with Gasteiger partial charge in [-0.1, -0.05) is 181 Å². The van der Waals surface area contributed by atoms with Crippen LogP contribution in [0.3, 0.4) is 0 Å². The summed E-state index contributed by atoms with van der Waals surface area (Å²) in [5.41, 5.74) is 13.1. The monoisotopic (exact) mass is 1090 g/mol. The minimum Gasteiger partial charge on any atom is -0.509 e. The van der Waals surface area contributed by atoms with Crippen LogP contribution < -0.4 is 14.5 Å². The number of rotatable bonds is 8. The Morgan fingerprint density at radius 1 is 0.507 bits per heavy atom. The second kappa shape index (κ2) is 18.1. The van der Waals surface area contributed by atoms with Gasteiger partial charge in [0.05, 0.1) is 0 Å². The molecule has 0 fully saturated rings. The van der Waals surface area contributed by atoms with Crippen molar-refractivity contribution in [2.75, 3.05) is 9.80 Å². The van der Waals surface area contributed by atoms with Crippen LogP contribution in [0.5, 0.6) is 11.5 Å². The van der Waals surface area contributed by atoms with Crippen LogP contribution in [0.4, 0.5) is 11.4 Å². The molecule has 0 amide bonds. The van der Waals surface area contributed by atoms with E-state index in [-0.39, 0.29) is 48.1 Å². The number of ether oxygens (including phenoxy) is 1. The van der Waals surface area contributed by atoms with Gasteiger partial charge in [0.2, 0.25) is 0 Å². The number of benzene rings is 6. The summed E-state index contributed by atoms with van der Waals surface area (Å²) < 4.78 is 9.25. The predicted octanol–water partition coefficient (Wildman–Crippen LogP) is 16.5. The van der Waals surface area contributed by atoms with Gasteiger partial charge in [0.25, 0.3) is 0 Å². The second-order valence-corrected chi connectivity index (χ2v) is 23.3. The van der Waals surface area contributed by atoms with Gasteiger partial charge in [0.15, 0.2) is 0 Å². The van der Waals surface area contributed by atoms with Crippen LogP contribution in [0.1, 0.15) is 136 Å². The number of aromatic nitrogens is 2. The zero-order chi connectivity index (χ0) is 48.6. The van der Waals surface area contributed by atoms with Crippen molar-refractivity contribution in [1.29, 1.82) is 0 Å². The van der Waals surface area contributed by atoms with Gasteiger partial charge in [-0.2, -0.15) is 6.07 Å². The van der Waals surface area contributed by atoms with Gasteiger partial charge in [-0.05, 0) is 102 Å². The molecule has 1 aliphatic heterocycles. The Balaban J connectivity index is 0.00000642. The maximum atomic E-state index is 7.01. The van der Waals surface area contributed by atoms with Gasteiger partial charge in [-0.3, -0.25) is 0 Å². The molecule has 3 heterocycles. The van der Waals surface area contributed by atoms with Gasteiger partial charge in [0, 0.05) is 55.7 Å². The van der Waals surface area contributed by atoms with Crippen molar-refractivity contribution in [3.63, 3.8) is 0 Å². The van der Waals surface area contributed by atoms with E-state index in [1.165, 1.54) is 27.8 Å². The summed E-state index contributed by atoms with van der Waals surface area (Å²) in [7, 11) is 0. The van der Waals surface area contributed by atoms with Crippen LogP contribution in [-0.2, 0) is 48.1 Å². The average molecular weight is 1090 g/mol. The first-order valence-electron chi connectivity index (χ1n) is 24.1. The van der Waals surface area contributed by atoms with E-state index in [1.54, 1.807) is 0 Å². The van der Waals surface area contributed by atoms with E-state index in [2.05, 4.69) is 264 Å². The molecular formula is C63H67N4OPt-3. The van der Waals surface area contributed by atoms with Crippen molar-refractivity contribution in [3.05, 3.63) is 204 Å². The predicted molar refractivity (Wildman–Crippen MR) is 286 cm³/mol. The molecule has 0 atom stereocenters. The molecule has 0 bridgehead atoms. The molecule has 0 spiro atoms. The number of hydrogen-bond acceptors (Lipinski definition) is 4. The third kappa shape index (κ3) is 9.96. The molecule has 0 unspecified atom stereocenters. The zero-order valence-corrected chi connectivity index (χ0v) is 45.2. The summed E-state index contributed by atoms with van der Waals surface area (Å²) in [6.07, 6.45) is 4.15. The van der Waals surface area contributed by atoms with E-state index >= 15 is 0 Å². The Bertz CT molecular complexity index is 3160. The molecule has 0 aliphatic carbocycles. The maximum absolute atomic E-state index is 7.01. The largest absolute Gasteiger partial charge is 0.509 e. The fraction of sp³-hybridized carbons (Fsp3) is 0.302. The van der Waals surface area contributed by atoms with E-state index < -0.39 is 0 Å². The maximum Gasteiger partial charge on any atom is 0.135 e. The minimum atomic E-state index is -0.369. The van der Waals surface area contributed by atoms with E-state index in [1.807, 2.05) is 12.3 Å².